The van der Waals surface area contributed by atoms with Gasteiger partial charge in [-0.2, -0.15) is 5.26 Å². The van der Waals surface area contributed by atoms with E-state index in [1.165, 1.54) is 115 Å². The van der Waals surface area contributed by atoms with Gasteiger partial charge in [0, 0.05) is 69.1 Å². The van der Waals surface area contributed by atoms with E-state index in [0.29, 0.717) is 43.2 Å². The molecule has 0 amide bonds. The summed E-state index contributed by atoms with van der Waals surface area (Å²) in [7, 11) is -15.8. The zero-order valence-corrected chi connectivity index (χ0v) is 63.9. The number of benzene rings is 12. The molecule has 0 radical (unpaired) electrons. The minimum atomic E-state index is -4.07. The topological polar surface area (TPSA) is 277 Å². The Bertz CT molecular complexity index is 5800. The Labute approximate surface area is 647 Å². The molecule has 0 atom stereocenters. The highest BCUT2D eigenvalue weighted by Crippen LogP contribution is 2.32. The fraction of sp³-hybridized carbons (Fsp3) is 0.0375. The van der Waals surface area contributed by atoms with Crippen molar-refractivity contribution in [3.63, 3.8) is 0 Å². The Morgan fingerprint density at radius 3 is 0.916 bits per heavy atom. The van der Waals surface area contributed by atoms with Gasteiger partial charge in [-0.05, 0) is 157 Å². The van der Waals surface area contributed by atoms with Crippen LogP contribution in [0.3, 0.4) is 0 Å². The third-order valence-corrected chi connectivity index (χ3v) is 22.3. The predicted molar refractivity (Wildman–Crippen MR) is 421 cm³/mol. The van der Waals surface area contributed by atoms with Crippen molar-refractivity contribution in [2.75, 3.05) is 18.9 Å². The molecule has 0 bridgehead atoms. The van der Waals surface area contributed by atoms with E-state index in [9.17, 15) is 57.2 Å². The van der Waals surface area contributed by atoms with Crippen LogP contribution in [0.15, 0.2) is 315 Å². The lowest BCUT2D eigenvalue weighted by molar-refractivity contribution is 0.103. The molecule has 0 unspecified atom stereocenters. The second-order valence-corrected chi connectivity index (χ2v) is 32.6. The van der Waals surface area contributed by atoms with Crippen LogP contribution in [0.1, 0.15) is 94.6 Å². The SMILES string of the molecule is CC(C)c1ccc(S(=O)(=O)Nc2ccc(Cl)cc2C(=O)c2ccccc2)cc1.N#Cc1cccc(S(=O)(=O)Nc2ccc(Cl)cc2C(=O)c2ccccc2)c1.O=C(c1ccccc1)c1cc(Cl)ccc1NS(=O)(=O)c1ccc(Br)cc1.O=C(c1ccccc1)c1cc(Cl)ccc1NS(=O)(=O)c1cccc(F)c1. The zero-order chi connectivity index (χ0) is 77.2. The number of nitrogens with one attached hydrogen (secondary N) is 4. The minimum absolute atomic E-state index is 0.0625. The van der Waals surface area contributed by atoms with Crippen molar-refractivity contribution in [3.8, 4) is 6.07 Å². The molecule has 0 spiro atoms. The summed E-state index contributed by atoms with van der Waals surface area (Å²) >= 11 is 27.3. The van der Waals surface area contributed by atoms with E-state index in [1.54, 1.807) is 164 Å². The van der Waals surface area contributed by atoms with Crippen LogP contribution < -0.4 is 18.9 Å². The number of rotatable bonds is 21. The molecular weight excluding hydrogens is 1590 g/mol. The van der Waals surface area contributed by atoms with E-state index in [1.807, 2.05) is 19.9 Å². The summed E-state index contributed by atoms with van der Waals surface area (Å²) in [6, 6.07) is 76.7. The zero-order valence-electron chi connectivity index (χ0n) is 56.0. The van der Waals surface area contributed by atoms with Gasteiger partial charge in [0.25, 0.3) is 40.1 Å². The molecule has 17 nitrogen and oxygen atoms in total. The first kappa shape index (κ1) is 80.5. The molecule has 0 saturated carbocycles. The van der Waals surface area contributed by atoms with Crippen LogP contribution in [0.25, 0.3) is 0 Å². The lowest BCUT2D eigenvalue weighted by Gasteiger charge is -2.13. The number of anilines is 4. The average molecular weight is 1650 g/mol. The Kier molecular flexibility index (Phi) is 27.2. The van der Waals surface area contributed by atoms with E-state index in [2.05, 4.69) is 34.8 Å². The van der Waals surface area contributed by atoms with Crippen molar-refractivity contribution in [2.45, 2.75) is 39.3 Å². The molecule has 0 aliphatic carbocycles. The van der Waals surface area contributed by atoms with Gasteiger partial charge in [-0.1, -0.05) is 222 Å². The van der Waals surface area contributed by atoms with Gasteiger partial charge >= 0.3 is 0 Å². The van der Waals surface area contributed by atoms with Crippen LogP contribution in [0, 0.1) is 17.1 Å². The van der Waals surface area contributed by atoms with Crippen molar-refractivity contribution >= 4 is 148 Å². The number of sulfonamides is 4. The van der Waals surface area contributed by atoms with E-state index in [4.69, 9.17) is 51.7 Å². The fourth-order valence-electron chi connectivity index (χ4n) is 9.98. The van der Waals surface area contributed by atoms with Gasteiger partial charge in [-0.3, -0.25) is 38.1 Å². The Morgan fingerprint density at radius 2 is 0.626 bits per heavy atom. The van der Waals surface area contributed by atoms with Crippen LogP contribution in [-0.2, 0) is 40.1 Å². The van der Waals surface area contributed by atoms with Crippen molar-refractivity contribution in [2.24, 2.45) is 0 Å². The molecule has 0 aliphatic rings. The van der Waals surface area contributed by atoms with Gasteiger partial charge in [0.05, 0.1) is 54.0 Å². The van der Waals surface area contributed by atoms with Crippen LogP contribution >= 0.6 is 62.3 Å². The molecule has 107 heavy (non-hydrogen) atoms. The quantitative estimate of drug-likeness (QED) is 0.0488. The van der Waals surface area contributed by atoms with Crippen molar-refractivity contribution in [1.29, 1.82) is 5.26 Å². The molecule has 0 aromatic heterocycles. The molecule has 27 heteroatoms. The van der Waals surface area contributed by atoms with Crippen molar-refractivity contribution in [3.05, 3.63) is 377 Å². The summed E-state index contributed by atoms with van der Waals surface area (Å²) in [6.45, 7) is 4.08. The summed E-state index contributed by atoms with van der Waals surface area (Å²) in [5, 5.41) is 10.3. The van der Waals surface area contributed by atoms with Gasteiger partial charge < -0.3 is 0 Å². The van der Waals surface area contributed by atoms with Gasteiger partial charge in [0.1, 0.15) is 5.82 Å². The van der Waals surface area contributed by atoms with Crippen LogP contribution in [-0.4, -0.2) is 56.8 Å². The minimum Gasteiger partial charge on any atom is -0.289 e. The van der Waals surface area contributed by atoms with Crippen molar-refractivity contribution in [1.82, 2.24) is 0 Å². The molecular formula is C80H59BrCl4FN5O12S4. The summed E-state index contributed by atoms with van der Waals surface area (Å²) < 4.78 is 125. The molecule has 0 fully saturated rings. The highest BCUT2D eigenvalue weighted by atomic mass is 79.9. The largest absolute Gasteiger partial charge is 0.289 e. The van der Waals surface area contributed by atoms with Gasteiger partial charge in [0.2, 0.25) is 0 Å². The number of carbonyl (C=O) groups excluding carboxylic acids is 4. The smallest absolute Gasteiger partial charge is 0.262 e. The molecule has 12 rings (SSSR count). The first-order valence-electron chi connectivity index (χ1n) is 31.7. The number of carbonyl (C=O) groups is 4. The van der Waals surface area contributed by atoms with E-state index in [-0.39, 0.29) is 98.3 Å². The van der Waals surface area contributed by atoms with Crippen LogP contribution in [0.5, 0.6) is 0 Å². The summed E-state index contributed by atoms with van der Waals surface area (Å²) in [4.78, 5) is 51.1. The third-order valence-electron chi connectivity index (χ3n) is 15.4. The first-order valence-corrected chi connectivity index (χ1v) is 40.0. The number of hydrogen-bond donors (Lipinski definition) is 4. The molecule has 0 saturated heterocycles. The maximum Gasteiger partial charge on any atom is 0.262 e. The third kappa shape index (κ3) is 21.8. The maximum atomic E-state index is 13.4. The van der Waals surface area contributed by atoms with Gasteiger partial charge in [-0.25, -0.2) is 38.1 Å². The second kappa shape index (κ2) is 36.1. The number of ketones is 4. The molecule has 12 aromatic carbocycles. The summed E-state index contributed by atoms with van der Waals surface area (Å²) in [5.41, 5.74) is 4.10. The van der Waals surface area contributed by atoms with Gasteiger partial charge in [-0.15, -0.1) is 0 Å². The van der Waals surface area contributed by atoms with E-state index < -0.39 is 45.9 Å². The molecule has 12 aromatic rings. The Morgan fingerprint density at radius 1 is 0.346 bits per heavy atom. The summed E-state index contributed by atoms with van der Waals surface area (Å²) in [6.07, 6.45) is 0. The molecule has 0 aliphatic heterocycles. The van der Waals surface area contributed by atoms with Crippen molar-refractivity contribution < 1.29 is 57.2 Å². The number of nitriles is 1. The molecule has 0 heterocycles. The highest BCUT2D eigenvalue weighted by Gasteiger charge is 2.26. The first-order chi connectivity index (χ1) is 50.9. The standard InChI is InChI=1S/C22H20ClNO3S.C20H13ClN2O3S.C19H13BrClNO3S.C19H13ClFNO3S/c1-15(2)16-8-11-19(12-9-16)28(26,27)24-21-13-10-18(23)14-20(21)22(25)17-6-4-3-5-7-17;21-16-9-10-19(18(12-16)20(24)15-6-2-1-3-7-15)23-27(25,26)17-8-4-5-14(11-17)13-22;20-14-6-9-16(10-7-14)26(24,25)22-18-11-8-15(21)12-17(18)19(23)13-4-2-1-3-5-13;20-14-9-10-18(17(11-14)19(23)13-5-2-1-3-6-13)22-26(24,25)16-8-4-7-15(21)12-16/h3-15,24H,1-2H3;1-12,23H;2*1-12,22H. The summed E-state index contributed by atoms with van der Waals surface area (Å²) in [5.74, 6) is -1.75. The number of halogens is 6. The fourth-order valence-corrected chi connectivity index (χ4v) is 15.3. The number of nitrogens with zero attached hydrogens (tertiary/aromatic N) is 1. The van der Waals surface area contributed by atoms with Crippen LogP contribution in [0.2, 0.25) is 20.1 Å². The Hall–Kier alpha value is -10.6. The second-order valence-electron chi connectivity index (χ2n) is 23.2. The Balaban J connectivity index is 0.000000165. The lowest BCUT2D eigenvalue weighted by atomic mass is 10.0. The van der Waals surface area contributed by atoms with Crippen LogP contribution in [0.4, 0.5) is 27.1 Å². The average Bonchev–Trinajstić information content (AvgIpc) is 0.813. The number of hydrogen-bond acceptors (Lipinski definition) is 13. The molecule has 542 valence electrons. The lowest BCUT2D eigenvalue weighted by Crippen LogP contribution is -2.16. The van der Waals surface area contributed by atoms with Gasteiger partial charge in [0.15, 0.2) is 23.1 Å². The normalized spacial score (nSPS) is 11.1. The monoisotopic (exact) mass is 1650 g/mol. The maximum absolute atomic E-state index is 13.4. The van der Waals surface area contributed by atoms with E-state index in [0.717, 1.165) is 22.2 Å². The predicted octanol–water partition coefficient (Wildman–Crippen LogP) is 19.4. The molecule has 4 N–H and O–H groups in total. The van der Waals surface area contributed by atoms with E-state index >= 15 is 0 Å². The highest BCUT2D eigenvalue weighted by molar-refractivity contribution is 9.10.